The summed E-state index contributed by atoms with van der Waals surface area (Å²) in [6.45, 7) is 4.29. The van der Waals surface area contributed by atoms with Gasteiger partial charge in [0.2, 0.25) is 0 Å². The Labute approximate surface area is 80.0 Å². The molecule has 0 aliphatic heterocycles. The molecule has 74 valence electrons. The molecule has 0 atom stereocenters. The van der Waals surface area contributed by atoms with Crippen molar-refractivity contribution in [2.75, 3.05) is 13.2 Å². The van der Waals surface area contributed by atoms with Gasteiger partial charge in [-0.1, -0.05) is 25.3 Å². The number of hydrogen-bond acceptors (Lipinski definition) is 2. The van der Waals surface area contributed by atoms with E-state index in [2.05, 4.69) is 6.58 Å². The van der Waals surface area contributed by atoms with Crippen molar-refractivity contribution in [1.82, 2.24) is 0 Å². The third-order valence-electron chi connectivity index (χ3n) is 2.54. The first kappa shape index (κ1) is 10.5. The van der Waals surface area contributed by atoms with E-state index in [4.69, 9.17) is 4.74 Å². The molecule has 0 amide bonds. The molecule has 0 unspecified atom stereocenters. The van der Waals surface area contributed by atoms with Crippen molar-refractivity contribution in [3.63, 3.8) is 0 Å². The molecule has 0 aromatic heterocycles. The summed E-state index contributed by atoms with van der Waals surface area (Å²) in [7, 11) is 0. The van der Waals surface area contributed by atoms with Crippen LogP contribution >= 0.6 is 0 Å². The van der Waals surface area contributed by atoms with Gasteiger partial charge in [0, 0.05) is 5.92 Å². The zero-order chi connectivity index (χ0) is 9.52. The number of ketones is 1. The second kappa shape index (κ2) is 5.92. The van der Waals surface area contributed by atoms with Crippen LogP contribution in [0.2, 0.25) is 0 Å². The van der Waals surface area contributed by atoms with Crippen LogP contribution in [0.3, 0.4) is 0 Å². The van der Waals surface area contributed by atoms with E-state index >= 15 is 0 Å². The van der Waals surface area contributed by atoms with Crippen LogP contribution in [0.25, 0.3) is 0 Å². The van der Waals surface area contributed by atoms with Gasteiger partial charge in [0.05, 0.1) is 6.61 Å². The summed E-state index contributed by atoms with van der Waals surface area (Å²) in [6.07, 6.45) is 7.51. The van der Waals surface area contributed by atoms with E-state index in [1.165, 1.54) is 19.3 Å². The molecule has 2 heteroatoms. The summed E-state index contributed by atoms with van der Waals surface area (Å²) in [5.74, 6) is 0.556. The van der Waals surface area contributed by atoms with Crippen molar-refractivity contribution in [3.8, 4) is 0 Å². The minimum Gasteiger partial charge on any atom is -0.370 e. The zero-order valence-electron chi connectivity index (χ0n) is 8.13. The highest BCUT2D eigenvalue weighted by Gasteiger charge is 2.20. The number of Topliss-reactive ketones (excluding diaryl/α,β-unsaturated/α-hetero) is 1. The van der Waals surface area contributed by atoms with Crippen LogP contribution < -0.4 is 0 Å². The molecule has 2 nitrogen and oxygen atoms in total. The van der Waals surface area contributed by atoms with Gasteiger partial charge in [-0.05, 0) is 12.8 Å². The average Bonchev–Trinajstić information content (AvgIpc) is 2.19. The molecule has 1 rings (SSSR count). The predicted octanol–water partition coefficient (Wildman–Crippen LogP) is 2.34. The number of rotatable bonds is 5. The van der Waals surface area contributed by atoms with Crippen LogP contribution in [0.4, 0.5) is 0 Å². The Bertz CT molecular complexity index is 169. The van der Waals surface area contributed by atoms with Crippen LogP contribution in [-0.2, 0) is 9.53 Å². The average molecular weight is 182 g/mol. The van der Waals surface area contributed by atoms with Crippen LogP contribution in [0, 0.1) is 5.92 Å². The fourth-order valence-corrected chi connectivity index (χ4v) is 1.79. The van der Waals surface area contributed by atoms with Gasteiger partial charge in [-0.15, -0.1) is 6.58 Å². The second-order valence-electron chi connectivity index (χ2n) is 3.61. The Hall–Kier alpha value is -0.630. The topological polar surface area (TPSA) is 26.3 Å². The highest BCUT2D eigenvalue weighted by Crippen LogP contribution is 2.24. The van der Waals surface area contributed by atoms with E-state index in [1.54, 1.807) is 6.08 Å². The fourth-order valence-electron chi connectivity index (χ4n) is 1.79. The van der Waals surface area contributed by atoms with Gasteiger partial charge in [0.1, 0.15) is 6.61 Å². The summed E-state index contributed by atoms with van der Waals surface area (Å²) in [5, 5.41) is 0. The number of hydrogen-bond donors (Lipinski definition) is 0. The largest absolute Gasteiger partial charge is 0.370 e. The second-order valence-corrected chi connectivity index (χ2v) is 3.61. The summed E-state index contributed by atoms with van der Waals surface area (Å²) in [5.41, 5.74) is 0. The van der Waals surface area contributed by atoms with Crippen molar-refractivity contribution >= 4 is 5.78 Å². The van der Waals surface area contributed by atoms with Gasteiger partial charge < -0.3 is 4.74 Å². The van der Waals surface area contributed by atoms with Gasteiger partial charge in [0.15, 0.2) is 5.78 Å². The van der Waals surface area contributed by atoms with E-state index < -0.39 is 0 Å². The van der Waals surface area contributed by atoms with Crippen molar-refractivity contribution in [2.45, 2.75) is 32.1 Å². The minimum absolute atomic E-state index is 0.274. The molecular weight excluding hydrogens is 164 g/mol. The first-order valence-corrected chi connectivity index (χ1v) is 5.06. The molecule has 0 heterocycles. The number of carbonyl (C=O) groups is 1. The fraction of sp³-hybridized carbons (Fsp3) is 0.727. The summed E-state index contributed by atoms with van der Waals surface area (Å²) in [4.78, 5) is 11.5. The summed E-state index contributed by atoms with van der Waals surface area (Å²) in [6, 6.07) is 0. The lowest BCUT2D eigenvalue weighted by Crippen LogP contribution is -2.22. The molecule has 0 aromatic rings. The Balaban J connectivity index is 2.17. The maximum atomic E-state index is 11.5. The molecule has 0 radical (unpaired) electrons. The molecule has 0 N–H and O–H groups in total. The standard InChI is InChI=1S/C11H18O2/c1-2-8-13-9-11(12)10-6-4-3-5-7-10/h2,10H,1,3-9H2. The third kappa shape index (κ3) is 3.73. The van der Waals surface area contributed by atoms with Crippen molar-refractivity contribution in [3.05, 3.63) is 12.7 Å². The van der Waals surface area contributed by atoms with Crippen LogP contribution in [0.1, 0.15) is 32.1 Å². The quantitative estimate of drug-likeness (QED) is 0.482. The lowest BCUT2D eigenvalue weighted by Gasteiger charge is -2.19. The highest BCUT2D eigenvalue weighted by atomic mass is 16.5. The molecule has 0 bridgehead atoms. The van der Waals surface area contributed by atoms with Crippen molar-refractivity contribution < 1.29 is 9.53 Å². The monoisotopic (exact) mass is 182 g/mol. The van der Waals surface area contributed by atoms with Crippen molar-refractivity contribution in [1.29, 1.82) is 0 Å². The molecule has 1 saturated carbocycles. The Morgan fingerprint density at radius 3 is 2.69 bits per heavy atom. The SMILES string of the molecule is C=CCOCC(=O)C1CCCCC1. The summed E-state index contributed by atoms with van der Waals surface area (Å²) >= 11 is 0. The normalized spacial score (nSPS) is 18.5. The van der Waals surface area contributed by atoms with Crippen LogP contribution in [-0.4, -0.2) is 19.0 Å². The molecular formula is C11H18O2. The molecule has 1 aliphatic rings. The lowest BCUT2D eigenvalue weighted by atomic mass is 9.86. The van der Waals surface area contributed by atoms with Gasteiger partial charge >= 0.3 is 0 Å². The lowest BCUT2D eigenvalue weighted by molar-refractivity contribution is -0.128. The van der Waals surface area contributed by atoms with E-state index in [9.17, 15) is 4.79 Å². The first-order chi connectivity index (χ1) is 6.34. The zero-order valence-corrected chi connectivity index (χ0v) is 8.13. The maximum Gasteiger partial charge on any atom is 0.161 e. The third-order valence-corrected chi connectivity index (χ3v) is 2.54. The number of ether oxygens (including phenoxy) is 1. The molecule has 0 spiro atoms. The van der Waals surface area contributed by atoms with E-state index in [1.807, 2.05) is 0 Å². The number of carbonyl (C=O) groups excluding carboxylic acids is 1. The molecule has 1 fully saturated rings. The maximum absolute atomic E-state index is 11.5. The van der Waals surface area contributed by atoms with Crippen LogP contribution in [0.15, 0.2) is 12.7 Å². The Kier molecular flexibility index (Phi) is 4.76. The van der Waals surface area contributed by atoms with Gasteiger partial charge in [-0.3, -0.25) is 4.79 Å². The van der Waals surface area contributed by atoms with Crippen LogP contribution in [0.5, 0.6) is 0 Å². The molecule has 0 saturated heterocycles. The van der Waals surface area contributed by atoms with E-state index in [-0.39, 0.29) is 18.3 Å². The molecule has 1 aliphatic carbocycles. The Morgan fingerprint density at radius 1 is 1.38 bits per heavy atom. The van der Waals surface area contributed by atoms with E-state index in [0.717, 1.165) is 12.8 Å². The predicted molar refractivity (Wildman–Crippen MR) is 52.6 cm³/mol. The summed E-state index contributed by atoms with van der Waals surface area (Å²) < 4.78 is 5.13. The van der Waals surface area contributed by atoms with Crippen molar-refractivity contribution in [2.24, 2.45) is 5.92 Å². The minimum atomic E-state index is 0.274. The van der Waals surface area contributed by atoms with E-state index in [0.29, 0.717) is 6.61 Å². The smallest absolute Gasteiger partial charge is 0.161 e. The molecule has 0 aromatic carbocycles. The Morgan fingerprint density at radius 2 is 2.08 bits per heavy atom. The molecule has 13 heavy (non-hydrogen) atoms. The van der Waals surface area contributed by atoms with Gasteiger partial charge in [-0.25, -0.2) is 0 Å². The first-order valence-electron chi connectivity index (χ1n) is 5.06. The van der Waals surface area contributed by atoms with Gasteiger partial charge in [0.25, 0.3) is 0 Å². The highest BCUT2D eigenvalue weighted by molar-refractivity contribution is 5.82. The van der Waals surface area contributed by atoms with Gasteiger partial charge in [-0.2, -0.15) is 0 Å².